The van der Waals surface area contributed by atoms with Crippen LogP contribution in [0.25, 0.3) is 32.6 Å². The van der Waals surface area contributed by atoms with E-state index < -0.39 is 40.7 Å². The second kappa shape index (κ2) is 10.8. The molecular weight excluding hydrogens is 544 g/mol. The number of nitrogens with one attached hydrogen (secondary N) is 2. The normalized spacial score (nSPS) is 11.5. The maximum atomic E-state index is 15.6. The number of carbonyl (C=O) groups is 2. The fourth-order valence-corrected chi connectivity index (χ4v) is 4.71. The van der Waals surface area contributed by atoms with Gasteiger partial charge < -0.3 is 20.7 Å². The van der Waals surface area contributed by atoms with Crippen LogP contribution in [0.2, 0.25) is 0 Å². The summed E-state index contributed by atoms with van der Waals surface area (Å²) in [4.78, 5) is 44.3. The maximum absolute atomic E-state index is 15.6. The number of hydrogen-bond acceptors (Lipinski definition) is 7. The summed E-state index contributed by atoms with van der Waals surface area (Å²) in [6, 6.07) is 2.73. The number of thiazole rings is 1. The molecule has 10 nitrogen and oxygen atoms in total. The number of pyridine rings is 2. The molecule has 0 atom stereocenters. The number of aromatic carboxylic acids is 1. The van der Waals surface area contributed by atoms with E-state index in [9.17, 15) is 32.7 Å². The van der Waals surface area contributed by atoms with Crippen LogP contribution in [0, 0.1) is 5.82 Å². The largest absolute Gasteiger partial charge is 0.477 e. The van der Waals surface area contributed by atoms with Crippen molar-refractivity contribution in [3.63, 3.8) is 0 Å². The lowest BCUT2D eigenvalue weighted by Gasteiger charge is -2.15. The third-order valence-corrected chi connectivity index (χ3v) is 6.44. The molecule has 2 amide bonds. The number of carboxylic acid groups (broad SMARTS) is 1. The van der Waals surface area contributed by atoms with Crippen LogP contribution in [0.4, 0.5) is 28.2 Å². The smallest absolute Gasteiger partial charge is 0.434 e. The van der Waals surface area contributed by atoms with Gasteiger partial charge in [-0.25, -0.2) is 23.9 Å². The van der Waals surface area contributed by atoms with E-state index in [4.69, 9.17) is 5.73 Å². The van der Waals surface area contributed by atoms with Crippen molar-refractivity contribution in [2.45, 2.75) is 19.6 Å². The first kappa shape index (κ1) is 27.7. The Bertz CT molecular complexity index is 1650. The summed E-state index contributed by atoms with van der Waals surface area (Å²) in [5.74, 6) is -2.41. The highest BCUT2D eigenvalue weighted by molar-refractivity contribution is 7.13. The predicted octanol–water partition coefficient (Wildman–Crippen LogP) is 4.14. The monoisotopic (exact) mass is 564 g/mol. The van der Waals surface area contributed by atoms with E-state index in [2.05, 4.69) is 20.6 Å². The average Bonchev–Trinajstić information content (AvgIpc) is 3.37. The standard InChI is InChI=1S/C24H20F4N6O4S/c1-2-30-23(38)33-19-6-12(21-32-18(10-39-21)24(26,27)28)14(8-31-19)11-5-13-17(7-16(11)25)34(4-3-29)9-15(20(13)35)22(36)37/h5-10H,2-4,29H2,1H3,(H,36,37)(H2,30,31,33,38). The molecule has 0 saturated carbocycles. The molecule has 3 heterocycles. The van der Waals surface area contributed by atoms with Gasteiger partial charge in [0.05, 0.1) is 5.52 Å². The second-order valence-electron chi connectivity index (χ2n) is 8.14. The Morgan fingerprint density at radius 2 is 1.92 bits per heavy atom. The highest BCUT2D eigenvalue weighted by Crippen LogP contribution is 2.39. The third kappa shape index (κ3) is 5.58. The minimum Gasteiger partial charge on any atom is -0.477 e. The molecule has 0 bridgehead atoms. The van der Waals surface area contributed by atoms with Gasteiger partial charge in [-0.1, -0.05) is 0 Å². The number of hydrogen-bond donors (Lipinski definition) is 4. The molecule has 4 rings (SSSR count). The van der Waals surface area contributed by atoms with Gasteiger partial charge in [0.15, 0.2) is 5.69 Å². The molecule has 0 unspecified atom stereocenters. The van der Waals surface area contributed by atoms with Gasteiger partial charge in [0.1, 0.15) is 22.2 Å². The third-order valence-electron chi connectivity index (χ3n) is 5.57. The Labute approximate surface area is 221 Å². The highest BCUT2D eigenvalue weighted by Gasteiger charge is 2.34. The van der Waals surface area contributed by atoms with E-state index in [1.54, 1.807) is 6.92 Å². The Balaban J connectivity index is 1.98. The number of carbonyl (C=O) groups excluding carboxylic acids is 1. The first-order valence-corrected chi connectivity index (χ1v) is 12.2. The minimum absolute atomic E-state index is 0.00720. The van der Waals surface area contributed by atoms with Crippen LogP contribution < -0.4 is 21.8 Å². The molecule has 0 aliphatic carbocycles. The number of benzene rings is 1. The topological polar surface area (TPSA) is 152 Å². The van der Waals surface area contributed by atoms with Gasteiger partial charge in [0.25, 0.3) is 0 Å². The lowest BCUT2D eigenvalue weighted by molar-refractivity contribution is -0.140. The molecule has 39 heavy (non-hydrogen) atoms. The molecule has 0 fully saturated rings. The molecule has 0 spiro atoms. The Morgan fingerprint density at radius 3 is 2.54 bits per heavy atom. The van der Waals surface area contributed by atoms with Crippen molar-refractivity contribution in [3.8, 4) is 21.7 Å². The van der Waals surface area contributed by atoms with Gasteiger partial charge in [-0.15, -0.1) is 11.3 Å². The molecular formula is C24H20F4N6O4S. The van der Waals surface area contributed by atoms with Crippen molar-refractivity contribution in [1.82, 2.24) is 19.9 Å². The second-order valence-corrected chi connectivity index (χ2v) is 9.00. The van der Waals surface area contributed by atoms with Crippen LogP contribution in [0.3, 0.4) is 0 Å². The van der Waals surface area contributed by atoms with Crippen molar-refractivity contribution in [2.24, 2.45) is 5.73 Å². The van der Waals surface area contributed by atoms with E-state index >= 15 is 4.39 Å². The lowest BCUT2D eigenvalue weighted by atomic mass is 9.98. The van der Waals surface area contributed by atoms with Crippen LogP contribution in [0.1, 0.15) is 23.0 Å². The van der Waals surface area contributed by atoms with Crippen LogP contribution in [0.5, 0.6) is 0 Å². The van der Waals surface area contributed by atoms with E-state index in [0.717, 1.165) is 29.9 Å². The lowest BCUT2D eigenvalue weighted by Crippen LogP contribution is -2.28. The summed E-state index contributed by atoms with van der Waals surface area (Å²) in [7, 11) is 0. The summed E-state index contributed by atoms with van der Waals surface area (Å²) in [6.45, 7) is 2.12. The Kier molecular flexibility index (Phi) is 7.65. The van der Waals surface area contributed by atoms with E-state index in [1.165, 1.54) is 10.6 Å². The van der Waals surface area contributed by atoms with E-state index in [1.807, 2.05) is 0 Å². The van der Waals surface area contributed by atoms with E-state index in [0.29, 0.717) is 17.9 Å². The summed E-state index contributed by atoms with van der Waals surface area (Å²) in [6.07, 6.45) is -2.54. The number of aromatic nitrogens is 3. The molecule has 0 saturated heterocycles. The van der Waals surface area contributed by atoms with Crippen LogP contribution in [0.15, 0.2) is 40.8 Å². The summed E-state index contributed by atoms with van der Waals surface area (Å²) in [5, 5.41) is 14.9. The molecule has 0 radical (unpaired) electrons. The van der Waals surface area contributed by atoms with Gasteiger partial charge in [-0.3, -0.25) is 10.1 Å². The summed E-state index contributed by atoms with van der Waals surface area (Å²) >= 11 is 0.637. The average molecular weight is 565 g/mol. The zero-order valence-corrected chi connectivity index (χ0v) is 20.9. The molecule has 1 aromatic carbocycles. The first-order valence-electron chi connectivity index (χ1n) is 11.3. The van der Waals surface area contributed by atoms with Crippen LogP contribution in [-0.2, 0) is 12.7 Å². The molecule has 0 aliphatic rings. The number of halogens is 4. The van der Waals surface area contributed by atoms with E-state index in [-0.39, 0.29) is 51.5 Å². The molecule has 4 aromatic rings. The number of nitrogens with two attached hydrogens (primary N) is 1. The SMILES string of the molecule is CCNC(=O)Nc1cc(-c2nc(C(F)(F)F)cs2)c(-c2cc3c(=O)c(C(=O)O)cn(CCN)c3cc2F)cn1. The number of nitrogens with zero attached hydrogens (tertiary/aromatic N) is 3. The fourth-order valence-electron chi connectivity index (χ4n) is 3.86. The summed E-state index contributed by atoms with van der Waals surface area (Å²) < 4.78 is 56.7. The van der Waals surface area contributed by atoms with Crippen molar-refractivity contribution in [1.29, 1.82) is 0 Å². The van der Waals surface area contributed by atoms with Crippen molar-refractivity contribution in [3.05, 3.63) is 63.3 Å². The number of urea groups is 1. The van der Waals surface area contributed by atoms with Crippen LogP contribution >= 0.6 is 11.3 Å². The number of fused-ring (bicyclic) bond motifs is 1. The Hall–Kier alpha value is -4.37. The zero-order valence-electron chi connectivity index (χ0n) is 20.1. The number of rotatable bonds is 7. The molecule has 204 valence electrons. The molecule has 5 N–H and O–H groups in total. The zero-order chi connectivity index (χ0) is 28.5. The van der Waals surface area contributed by atoms with Crippen molar-refractivity contribution < 1.29 is 32.3 Å². The minimum atomic E-state index is -4.74. The molecule has 3 aromatic heterocycles. The van der Waals surface area contributed by atoms with Gasteiger partial charge in [-0.2, -0.15) is 13.2 Å². The number of anilines is 1. The Morgan fingerprint density at radius 1 is 1.18 bits per heavy atom. The van der Waals surface area contributed by atoms with Gasteiger partial charge >= 0.3 is 18.2 Å². The first-order chi connectivity index (χ1) is 18.4. The number of alkyl halides is 3. The maximum Gasteiger partial charge on any atom is 0.434 e. The van der Waals surface area contributed by atoms with Gasteiger partial charge in [-0.05, 0) is 25.1 Å². The summed E-state index contributed by atoms with van der Waals surface area (Å²) in [5.41, 5.74) is 2.77. The number of amides is 2. The molecule has 0 aliphatic heterocycles. The van der Waals surface area contributed by atoms with Crippen molar-refractivity contribution >= 4 is 40.1 Å². The quantitative estimate of drug-likeness (QED) is 0.246. The van der Waals surface area contributed by atoms with Gasteiger partial charge in [0, 0.05) is 59.5 Å². The number of carboxylic acids is 1. The van der Waals surface area contributed by atoms with Crippen LogP contribution in [-0.4, -0.2) is 44.7 Å². The van der Waals surface area contributed by atoms with Crippen molar-refractivity contribution in [2.75, 3.05) is 18.4 Å². The predicted molar refractivity (Wildman–Crippen MR) is 136 cm³/mol. The fraction of sp³-hybridized carbons (Fsp3) is 0.208. The van der Waals surface area contributed by atoms with Gasteiger partial charge in [0.2, 0.25) is 5.43 Å². The molecule has 15 heteroatoms. The highest BCUT2D eigenvalue weighted by atomic mass is 32.1.